The van der Waals surface area contributed by atoms with Gasteiger partial charge in [-0.05, 0) is 64.2 Å². The van der Waals surface area contributed by atoms with E-state index in [0.717, 1.165) is 22.4 Å². The fraction of sp³-hybridized carbons (Fsp3) is 0.0217. The molecule has 0 saturated carbocycles. The quantitative estimate of drug-likeness (QED) is 0.188. The third kappa shape index (κ3) is 4.15. The number of hydrogen-bond donors (Lipinski definition) is 0. The summed E-state index contributed by atoms with van der Waals surface area (Å²) in [5.74, 6) is 1.99. The Morgan fingerprint density at radius 3 is 1.42 bits per heavy atom. The molecule has 0 aliphatic heterocycles. The van der Waals surface area contributed by atoms with Gasteiger partial charge in [0, 0.05) is 27.6 Å². The van der Waals surface area contributed by atoms with Crippen LogP contribution in [0, 0.1) is 0 Å². The number of fused-ring (bicyclic) bond motifs is 6. The first-order valence-electron chi connectivity index (χ1n) is 17.0. The van der Waals surface area contributed by atoms with Gasteiger partial charge in [-0.25, -0.2) is 15.0 Å². The minimum absolute atomic E-state index is 0.639. The monoisotopic (exact) mass is 638 g/mol. The van der Waals surface area contributed by atoms with Crippen molar-refractivity contribution in [1.29, 1.82) is 0 Å². The molecular weight excluding hydrogens is 609 g/mol. The van der Waals surface area contributed by atoms with E-state index in [0.29, 0.717) is 17.5 Å². The average Bonchev–Trinajstić information content (AvgIpc) is 3.70. The second-order valence-electron chi connectivity index (χ2n) is 12.8. The lowest BCUT2D eigenvalue weighted by Gasteiger charge is -2.31. The van der Waals surface area contributed by atoms with Gasteiger partial charge in [0.1, 0.15) is 5.41 Å². The van der Waals surface area contributed by atoms with Gasteiger partial charge < -0.3 is 4.57 Å². The molecule has 0 fully saturated rings. The molecule has 0 bridgehead atoms. The third-order valence-electron chi connectivity index (χ3n) is 10.1. The Balaban J connectivity index is 1.21. The summed E-state index contributed by atoms with van der Waals surface area (Å²) in [5.41, 5.74) is 10.4. The van der Waals surface area contributed by atoms with E-state index < -0.39 is 5.41 Å². The number of benzene rings is 7. The van der Waals surface area contributed by atoms with Crippen LogP contribution in [0.15, 0.2) is 182 Å². The Morgan fingerprint density at radius 2 is 0.840 bits per heavy atom. The molecule has 0 unspecified atom stereocenters. The van der Waals surface area contributed by atoms with Crippen LogP contribution in [0.5, 0.6) is 0 Å². The lowest BCUT2D eigenvalue weighted by molar-refractivity contribution is 0.692. The van der Waals surface area contributed by atoms with E-state index >= 15 is 0 Å². The van der Waals surface area contributed by atoms with Gasteiger partial charge in [0.05, 0.1) is 11.0 Å². The summed E-state index contributed by atoms with van der Waals surface area (Å²) in [6, 6.07) is 64.1. The smallest absolute Gasteiger partial charge is 0.163 e. The Hall–Kier alpha value is -6.65. The van der Waals surface area contributed by atoms with Crippen molar-refractivity contribution in [3.05, 3.63) is 205 Å². The third-order valence-corrected chi connectivity index (χ3v) is 10.1. The standard InChI is InChI=1S/C46H30N4/c1-3-15-31(16-4-1)43-47-44(32-27-29-34(30-28-32)50-41-25-13-9-21-37(41)38-22-10-14-26-42(38)50)49-45(48-43)46(33-17-5-2-6-18-33)39-23-11-7-19-35(39)36-20-8-12-24-40(36)46/h1-30H. The molecule has 1 aliphatic rings. The van der Waals surface area contributed by atoms with E-state index in [1.165, 1.54) is 44.1 Å². The van der Waals surface area contributed by atoms with E-state index in [-0.39, 0.29) is 0 Å². The number of rotatable bonds is 5. The fourth-order valence-electron chi connectivity index (χ4n) is 7.95. The Morgan fingerprint density at radius 1 is 0.380 bits per heavy atom. The van der Waals surface area contributed by atoms with E-state index in [9.17, 15) is 0 Å². The zero-order valence-corrected chi connectivity index (χ0v) is 27.1. The summed E-state index contributed by atoms with van der Waals surface area (Å²) in [6.45, 7) is 0. The molecular formula is C46H30N4. The number of para-hydroxylation sites is 2. The SMILES string of the molecule is c1ccc(-c2nc(-c3ccc(-n4c5ccccc5c5ccccc54)cc3)nc(C3(c4ccccc4)c4ccccc4-c4ccccc43)n2)cc1. The van der Waals surface area contributed by atoms with E-state index in [1.807, 2.05) is 18.2 Å². The molecule has 4 nitrogen and oxygen atoms in total. The summed E-state index contributed by atoms with van der Waals surface area (Å²) in [5, 5.41) is 2.48. The molecule has 0 spiro atoms. The maximum Gasteiger partial charge on any atom is 0.163 e. The van der Waals surface area contributed by atoms with Crippen LogP contribution in [-0.2, 0) is 5.41 Å². The van der Waals surface area contributed by atoms with Crippen molar-refractivity contribution in [2.24, 2.45) is 0 Å². The average molecular weight is 639 g/mol. The lowest BCUT2D eigenvalue weighted by Crippen LogP contribution is -2.31. The van der Waals surface area contributed by atoms with Crippen LogP contribution in [-0.4, -0.2) is 19.5 Å². The van der Waals surface area contributed by atoms with Crippen LogP contribution in [0.4, 0.5) is 0 Å². The first-order valence-corrected chi connectivity index (χ1v) is 17.0. The molecule has 0 N–H and O–H groups in total. The molecule has 9 aromatic rings. The minimum Gasteiger partial charge on any atom is -0.309 e. The number of hydrogen-bond acceptors (Lipinski definition) is 3. The van der Waals surface area contributed by atoms with Crippen LogP contribution >= 0.6 is 0 Å². The van der Waals surface area contributed by atoms with E-state index in [2.05, 4.69) is 168 Å². The molecule has 0 atom stereocenters. The highest BCUT2D eigenvalue weighted by atomic mass is 15.1. The zero-order valence-electron chi connectivity index (χ0n) is 27.1. The Labute approximate surface area is 290 Å². The molecule has 1 aliphatic carbocycles. The molecule has 7 aromatic carbocycles. The predicted octanol–water partition coefficient (Wildman–Crippen LogP) is 10.7. The van der Waals surface area contributed by atoms with Crippen molar-refractivity contribution < 1.29 is 0 Å². The van der Waals surface area contributed by atoms with Crippen LogP contribution < -0.4 is 0 Å². The summed E-state index contributed by atoms with van der Waals surface area (Å²) < 4.78 is 2.33. The second kappa shape index (κ2) is 11.2. The minimum atomic E-state index is -0.738. The highest BCUT2D eigenvalue weighted by Crippen LogP contribution is 2.55. The van der Waals surface area contributed by atoms with Gasteiger partial charge in [-0.15, -0.1) is 0 Å². The zero-order chi connectivity index (χ0) is 33.1. The van der Waals surface area contributed by atoms with Crippen molar-refractivity contribution >= 4 is 21.8 Å². The van der Waals surface area contributed by atoms with Gasteiger partial charge in [0.2, 0.25) is 0 Å². The largest absolute Gasteiger partial charge is 0.309 e. The molecule has 10 rings (SSSR count). The molecule has 2 heterocycles. The molecule has 234 valence electrons. The van der Waals surface area contributed by atoms with Crippen LogP contribution in [0.3, 0.4) is 0 Å². The molecule has 50 heavy (non-hydrogen) atoms. The van der Waals surface area contributed by atoms with Gasteiger partial charge in [-0.1, -0.05) is 146 Å². The topological polar surface area (TPSA) is 43.6 Å². The Bertz CT molecular complexity index is 2590. The lowest BCUT2D eigenvalue weighted by atomic mass is 9.71. The van der Waals surface area contributed by atoms with Crippen LogP contribution in [0.2, 0.25) is 0 Å². The predicted molar refractivity (Wildman–Crippen MR) is 202 cm³/mol. The van der Waals surface area contributed by atoms with Crippen LogP contribution in [0.25, 0.3) is 61.4 Å². The summed E-state index contributed by atoms with van der Waals surface area (Å²) >= 11 is 0. The van der Waals surface area contributed by atoms with Gasteiger partial charge in [-0.3, -0.25) is 0 Å². The van der Waals surface area contributed by atoms with Gasteiger partial charge in [-0.2, -0.15) is 0 Å². The van der Waals surface area contributed by atoms with Crippen molar-refractivity contribution in [3.63, 3.8) is 0 Å². The normalized spacial score (nSPS) is 13.0. The van der Waals surface area contributed by atoms with Crippen LogP contribution in [0.1, 0.15) is 22.5 Å². The van der Waals surface area contributed by atoms with Crippen molar-refractivity contribution in [2.45, 2.75) is 5.41 Å². The van der Waals surface area contributed by atoms with Gasteiger partial charge in [0.15, 0.2) is 17.5 Å². The second-order valence-corrected chi connectivity index (χ2v) is 12.8. The maximum absolute atomic E-state index is 5.42. The molecule has 2 aromatic heterocycles. The Kier molecular flexibility index (Phi) is 6.36. The summed E-state index contributed by atoms with van der Waals surface area (Å²) in [6.07, 6.45) is 0. The first kappa shape index (κ1) is 28.4. The van der Waals surface area contributed by atoms with Gasteiger partial charge >= 0.3 is 0 Å². The van der Waals surface area contributed by atoms with Crippen molar-refractivity contribution in [1.82, 2.24) is 19.5 Å². The summed E-state index contributed by atoms with van der Waals surface area (Å²) in [4.78, 5) is 15.9. The first-order chi connectivity index (χ1) is 24.8. The van der Waals surface area contributed by atoms with Gasteiger partial charge in [0.25, 0.3) is 0 Å². The van der Waals surface area contributed by atoms with Crippen molar-refractivity contribution in [2.75, 3.05) is 0 Å². The maximum atomic E-state index is 5.42. The number of aromatic nitrogens is 4. The molecule has 0 radical (unpaired) electrons. The van der Waals surface area contributed by atoms with Crippen molar-refractivity contribution in [3.8, 4) is 39.6 Å². The summed E-state index contributed by atoms with van der Waals surface area (Å²) in [7, 11) is 0. The fourth-order valence-corrected chi connectivity index (χ4v) is 7.95. The van der Waals surface area contributed by atoms with E-state index in [4.69, 9.17) is 15.0 Å². The molecule has 4 heteroatoms. The molecule has 0 saturated heterocycles. The molecule has 0 amide bonds. The number of nitrogens with zero attached hydrogens (tertiary/aromatic N) is 4. The van der Waals surface area contributed by atoms with E-state index in [1.54, 1.807) is 0 Å². The highest BCUT2D eigenvalue weighted by molar-refractivity contribution is 6.09. The highest BCUT2D eigenvalue weighted by Gasteiger charge is 2.48.